The first-order valence-corrected chi connectivity index (χ1v) is 7.73. The fourth-order valence-corrected chi connectivity index (χ4v) is 1.97. The van der Waals surface area contributed by atoms with Crippen molar-refractivity contribution in [1.82, 2.24) is 10.9 Å². The van der Waals surface area contributed by atoms with E-state index in [1.807, 2.05) is 31.2 Å². The number of carbonyl (C=O) groups excluding carboxylic acids is 2. The lowest BCUT2D eigenvalue weighted by Crippen LogP contribution is -2.40. The number of halogens is 1. The lowest BCUT2D eigenvalue weighted by atomic mass is 10.2. The van der Waals surface area contributed by atoms with Crippen molar-refractivity contribution in [3.05, 3.63) is 70.8 Å². The molecule has 2 rings (SSSR count). The molecule has 0 unspecified atom stereocenters. The maximum absolute atomic E-state index is 11.8. The zero-order chi connectivity index (χ0) is 17.4. The van der Waals surface area contributed by atoms with Gasteiger partial charge in [0.2, 0.25) is 0 Å². The van der Waals surface area contributed by atoms with E-state index in [2.05, 4.69) is 10.9 Å². The Balaban J connectivity index is 1.84. The van der Waals surface area contributed by atoms with E-state index in [-0.39, 0.29) is 0 Å². The summed E-state index contributed by atoms with van der Waals surface area (Å²) in [5.74, 6) is -0.0880. The third-order valence-corrected chi connectivity index (χ3v) is 3.28. The third kappa shape index (κ3) is 5.44. The van der Waals surface area contributed by atoms with Gasteiger partial charge in [-0.25, -0.2) is 0 Å². The minimum atomic E-state index is -0.439. The first-order chi connectivity index (χ1) is 11.6. The van der Waals surface area contributed by atoms with Crippen molar-refractivity contribution < 1.29 is 14.3 Å². The van der Waals surface area contributed by atoms with Crippen LogP contribution in [-0.4, -0.2) is 18.4 Å². The summed E-state index contributed by atoms with van der Waals surface area (Å²) in [5, 5.41) is 0.536. The second-order valence-corrected chi connectivity index (χ2v) is 5.22. The van der Waals surface area contributed by atoms with Gasteiger partial charge < -0.3 is 4.74 Å². The highest BCUT2D eigenvalue weighted by molar-refractivity contribution is 6.30. The monoisotopic (exact) mass is 344 g/mol. The van der Waals surface area contributed by atoms with Crippen LogP contribution in [0, 0.1) is 0 Å². The smallest absolute Gasteiger partial charge is 0.269 e. The average molecular weight is 345 g/mol. The zero-order valence-corrected chi connectivity index (χ0v) is 13.8. The van der Waals surface area contributed by atoms with Crippen molar-refractivity contribution >= 4 is 29.5 Å². The highest BCUT2D eigenvalue weighted by Crippen LogP contribution is 2.13. The summed E-state index contributed by atoms with van der Waals surface area (Å²) in [7, 11) is 0. The molecule has 0 aliphatic carbocycles. The van der Waals surface area contributed by atoms with E-state index in [9.17, 15) is 9.59 Å². The summed E-state index contributed by atoms with van der Waals surface area (Å²) >= 11 is 5.75. The number of ether oxygens (including phenoxy) is 1. The maximum atomic E-state index is 11.8. The normalized spacial score (nSPS) is 10.4. The number of hydrazine groups is 1. The molecule has 0 fully saturated rings. The van der Waals surface area contributed by atoms with Gasteiger partial charge in [-0.05, 0) is 55.0 Å². The molecule has 0 bridgehead atoms. The summed E-state index contributed by atoms with van der Waals surface area (Å²) in [6.07, 6.45) is 2.97. The Kier molecular flexibility index (Phi) is 6.40. The largest absolute Gasteiger partial charge is 0.494 e. The van der Waals surface area contributed by atoms with Crippen LogP contribution in [0.5, 0.6) is 5.75 Å². The minimum Gasteiger partial charge on any atom is -0.494 e. The Labute approximate surface area is 145 Å². The number of hydrogen-bond donors (Lipinski definition) is 2. The van der Waals surface area contributed by atoms with E-state index >= 15 is 0 Å². The molecule has 24 heavy (non-hydrogen) atoms. The quantitative estimate of drug-likeness (QED) is 0.646. The lowest BCUT2D eigenvalue weighted by molar-refractivity contribution is -0.117. The summed E-state index contributed by atoms with van der Waals surface area (Å²) in [5.41, 5.74) is 5.89. The molecule has 0 heterocycles. The Bertz CT molecular complexity index is 725. The van der Waals surface area contributed by atoms with Crippen LogP contribution in [0.25, 0.3) is 6.08 Å². The van der Waals surface area contributed by atoms with Gasteiger partial charge in [-0.2, -0.15) is 0 Å². The molecule has 2 aromatic rings. The maximum Gasteiger partial charge on any atom is 0.269 e. The van der Waals surface area contributed by atoms with Crippen molar-refractivity contribution in [1.29, 1.82) is 0 Å². The van der Waals surface area contributed by atoms with Crippen LogP contribution in [0.2, 0.25) is 5.02 Å². The van der Waals surface area contributed by atoms with Gasteiger partial charge in [0.15, 0.2) is 0 Å². The van der Waals surface area contributed by atoms with E-state index in [0.717, 1.165) is 11.3 Å². The Hall–Kier alpha value is -2.79. The molecule has 2 N–H and O–H groups in total. The molecule has 0 aromatic heterocycles. The minimum absolute atomic E-state index is 0.398. The number of rotatable bonds is 5. The van der Waals surface area contributed by atoms with Crippen LogP contribution in [0.1, 0.15) is 22.8 Å². The Morgan fingerprint density at radius 3 is 2.33 bits per heavy atom. The molecule has 2 amide bonds. The molecule has 0 aliphatic rings. The van der Waals surface area contributed by atoms with Crippen LogP contribution >= 0.6 is 11.6 Å². The Morgan fingerprint density at radius 1 is 1.04 bits per heavy atom. The molecule has 124 valence electrons. The number of nitrogens with one attached hydrogen (secondary N) is 2. The Morgan fingerprint density at radius 2 is 1.71 bits per heavy atom. The molecule has 0 radical (unpaired) electrons. The van der Waals surface area contributed by atoms with E-state index in [4.69, 9.17) is 16.3 Å². The molecule has 5 nitrogen and oxygen atoms in total. The van der Waals surface area contributed by atoms with Gasteiger partial charge in [0.05, 0.1) is 6.61 Å². The van der Waals surface area contributed by atoms with Gasteiger partial charge in [0.25, 0.3) is 11.8 Å². The average Bonchev–Trinajstić information content (AvgIpc) is 2.60. The molecule has 2 aromatic carbocycles. The second kappa shape index (κ2) is 8.74. The molecule has 0 saturated carbocycles. The van der Waals surface area contributed by atoms with Gasteiger partial charge in [-0.15, -0.1) is 0 Å². The number of benzene rings is 2. The molecule has 6 heteroatoms. The number of amides is 2. The lowest BCUT2D eigenvalue weighted by Gasteiger charge is -2.05. The fourth-order valence-electron chi connectivity index (χ4n) is 1.85. The van der Waals surface area contributed by atoms with Crippen LogP contribution in [0.15, 0.2) is 54.6 Å². The van der Waals surface area contributed by atoms with Gasteiger partial charge in [0, 0.05) is 16.7 Å². The third-order valence-electron chi connectivity index (χ3n) is 3.02. The predicted octanol–water partition coefficient (Wildman–Crippen LogP) is 3.21. The van der Waals surface area contributed by atoms with Crippen molar-refractivity contribution in [3.63, 3.8) is 0 Å². The topological polar surface area (TPSA) is 67.4 Å². The summed E-state index contributed by atoms with van der Waals surface area (Å²) in [6, 6.07) is 13.7. The molecule has 0 aliphatic heterocycles. The van der Waals surface area contributed by atoms with E-state index in [1.54, 1.807) is 30.3 Å². The highest BCUT2D eigenvalue weighted by atomic mass is 35.5. The van der Waals surface area contributed by atoms with Gasteiger partial charge in [-0.1, -0.05) is 23.7 Å². The molecule has 0 saturated heterocycles. The molecule has 0 spiro atoms. The zero-order valence-electron chi connectivity index (χ0n) is 13.1. The van der Waals surface area contributed by atoms with E-state index < -0.39 is 11.8 Å². The van der Waals surface area contributed by atoms with Crippen LogP contribution in [0.4, 0.5) is 0 Å². The first kappa shape index (κ1) is 17.6. The van der Waals surface area contributed by atoms with E-state index in [0.29, 0.717) is 17.2 Å². The number of carbonyl (C=O) groups is 2. The summed E-state index contributed by atoms with van der Waals surface area (Å²) in [6.45, 7) is 2.52. The van der Waals surface area contributed by atoms with Gasteiger partial charge >= 0.3 is 0 Å². The first-order valence-electron chi connectivity index (χ1n) is 7.35. The van der Waals surface area contributed by atoms with Crippen LogP contribution in [-0.2, 0) is 4.79 Å². The fraction of sp³-hybridized carbons (Fsp3) is 0.111. The second-order valence-electron chi connectivity index (χ2n) is 4.79. The van der Waals surface area contributed by atoms with Crippen molar-refractivity contribution in [2.24, 2.45) is 0 Å². The van der Waals surface area contributed by atoms with Crippen molar-refractivity contribution in [2.75, 3.05) is 6.61 Å². The summed E-state index contributed by atoms with van der Waals surface area (Å²) in [4.78, 5) is 23.5. The van der Waals surface area contributed by atoms with Gasteiger partial charge in [-0.3, -0.25) is 20.4 Å². The van der Waals surface area contributed by atoms with E-state index in [1.165, 1.54) is 6.08 Å². The van der Waals surface area contributed by atoms with Crippen molar-refractivity contribution in [3.8, 4) is 5.75 Å². The van der Waals surface area contributed by atoms with Gasteiger partial charge in [0.1, 0.15) is 5.75 Å². The van der Waals surface area contributed by atoms with Crippen molar-refractivity contribution in [2.45, 2.75) is 6.92 Å². The SMILES string of the molecule is CCOc1ccc(/C=C/C(=O)NNC(=O)c2ccc(Cl)cc2)cc1. The highest BCUT2D eigenvalue weighted by Gasteiger charge is 2.05. The predicted molar refractivity (Wildman–Crippen MR) is 93.7 cm³/mol. The molecular formula is C18H17ClN2O3. The number of hydrogen-bond acceptors (Lipinski definition) is 3. The molecular weight excluding hydrogens is 328 g/mol. The molecule has 0 atom stereocenters. The van der Waals surface area contributed by atoms with Crippen LogP contribution < -0.4 is 15.6 Å². The van der Waals surface area contributed by atoms with Crippen LogP contribution in [0.3, 0.4) is 0 Å². The summed E-state index contributed by atoms with van der Waals surface area (Å²) < 4.78 is 5.34. The standard InChI is InChI=1S/C18H17ClN2O3/c1-2-24-16-10-3-13(4-11-16)5-12-17(22)20-21-18(23)14-6-8-15(19)9-7-14/h3-12H,2H2,1H3,(H,20,22)(H,21,23)/b12-5+.